The SMILES string of the molecule is COc1nnccc1-c1ccnc(NC2CCCCC2)n1. The second-order valence-corrected chi connectivity index (χ2v) is 5.20. The molecule has 0 atom stereocenters. The maximum absolute atomic E-state index is 5.24. The Kier molecular flexibility index (Phi) is 4.23. The fourth-order valence-corrected chi connectivity index (χ4v) is 2.67. The predicted molar refractivity (Wildman–Crippen MR) is 80.1 cm³/mol. The van der Waals surface area contributed by atoms with Gasteiger partial charge in [0.1, 0.15) is 0 Å². The lowest BCUT2D eigenvalue weighted by Gasteiger charge is -2.22. The van der Waals surface area contributed by atoms with Crippen LogP contribution in [0.25, 0.3) is 11.3 Å². The lowest BCUT2D eigenvalue weighted by atomic mass is 9.96. The molecule has 3 rings (SSSR count). The number of aromatic nitrogens is 4. The van der Waals surface area contributed by atoms with Gasteiger partial charge in [0.05, 0.1) is 24.6 Å². The zero-order valence-corrected chi connectivity index (χ0v) is 12.1. The van der Waals surface area contributed by atoms with E-state index in [4.69, 9.17) is 4.74 Å². The van der Waals surface area contributed by atoms with Crippen molar-refractivity contribution in [2.24, 2.45) is 0 Å². The van der Waals surface area contributed by atoms with Gasteiger partial charge in [-0.15, -0.1) is 5.10 Å². The Hall–Kier alpha value is -2.24. The van der Waals surface area contributed by atoms with Gasteiger partial charge in [-0.3, -0.25) is 0 Å². The second kappa shape index (κ2) is 6.47. The molecule has 2 aromatic heterocycles. The van der Waals surface area contributed by atoms with Crippen LogP contribution in [0.3, 0.4) is 0 Å². The van der Waals surface area contributed by atoms with Gasteiger partial charge in [0.2, 0.25) is 11.8 Å². The first-order chi connectivity index (χ1) is 10.4. The van der Waals surface area contributed by atoms with E-state index in [0.29, 0.717) is 17.9 Å². The Morgan fingerprint density at radius 3 is 2.81 bits per heavy atom. The molecule has 1 aliphatic carbocycles. The van der Waals surface area contributed by atoms with E-state index in [9.17, 15) is 0 Å². The van der Waals surface area contributed by atoms with Crippen LogP contribution < -0.4 is 10.1 Å². The Bertz CT molecular complexity index is 598. The summed E-state index contributed by atoms with van der Waals surface area (Å²) < 4.78 is 5.24. The van der Waals surface area contributed by atoms with Crippen molar-refractivity contribution in [1.29, 1.82) is 0 Å². The van der Waals surface area contributed by atoms with E-state index in [0.717, 1.165) is 11.3 Å². The fourth-order valence-electron chi connectivity index (χ4n) is 2.67. The number of hydrogen-bond donors (Lipinski definition) is 1. The third-order valence-corrected chi connectivity index (χ3v) is 3.75. The molecule has 6 nitrogen and oxygen atoms in total. The van der Waals surface area contributed by atoms with Crippen LogP contribution in [0.15, 0.2) is 24.5 Å². The molecule has 0 spiro atoms. The smallest absolute Gasteiger partial charge is 0.242 e. The topological polar surface area (TPSA) is 72.8 Å². The fraction of sp³-hybridized carbons (Fsp3) is 0.467. The molecular weight excluding hydrogens is 266 g/mol. The Morgan fingerprint density at radius 2 is 2.00 bits per heavy atom. The molecule has 1 saturated carbocycles. The zero-order chi connectivity index (χ0) is 14.5. The van der Waals surface area contributed by atoms with E-state index < -0.39 is 0 Å². The van der Waals surface area contributed by atoms with Gasteiger partial charge in [-0.25, -0.2) is 9.97 Å². The normalized spacial score (nSPS) is 15.7. The molecule has 0 bridgehead atoms. The van der Waals surface area contributed by atoms with Crippen LogP contribution in [0.4, 0.5) is 5.95 Å². The summed E-state index contributed by atoms with van der Waals surface area (Å²) in [6.45, 7) is 0. The summed E-state index contributed by atoms with van der Waals surface area (Å²) in [7, 11) is 1.58. The number of ether oxygens (including phenoxy) is 1. The van der Waals surface area contributed by atoms with Gasteiger partial charge in [-0.1, -0.05) is 19.3 Å². The molecule has 1 fully saturated rings. The Balaban J connectivity index is 1.82. The minimum absolute atomic E-state index is 0.472. The first-order valence-corrected chi connectivity index (χ1v) is 7.32. The van der Waals surface area contributed by atoms with Crippen LogP contribution in [0, 0.1) is 0 Å². The number of methoxy groups -OCH3 is 1. The molecule has 6 heteroatoms. The van der Waals surface area contributed by atoms with Crippen LogP contribution >= 0.6 is 0 Å². The van der Waals surface area contributed by atoms with Gasteiger partial charge in [0, 0.05) is 12.2 Å². The van der Waals surface area contributed by atoms with Gasteiger partial charge in [0.15, 0.2) is 0 Å². The van der Waals surface area contributed by atoms with E-state index in [1.807, 2.05) is 12.1 Å². The molecule has 2 aromatic rings. The maximum Gasteiger partial charge on any atom is 0.242 e. The van der Waals surface area contributed by atoms with E-state index in [1.165, 1.54) is 32.1 Å². The van der Waals surface area contributed by atoms with E-state index >= 15 is 0 Å². The Labute approximate surface area is 124 Å². The van der Waals surface area contributed by atoms with Crippen molar-refractivity contribution in [2.45, 2.75) is 38.1 Å². The second-order valence-electron chi connectivity index (χ2n) is 5.20. The number of anilines is 1. The van der Waals surface area contributed by atoms with Gasteiger partial charge in [-0.2, -0.15) is 5.10 Å². The number of nitrogens with zero attached hydrogens (tertiary/aromatic N) is 4. The lowest BCUT2D eigenvalue weighted by molar-refractivity contribution is 0.393. The third kappa shape index (κ3) is 3.26. The van der Waals surface area contributed by atoms with Gasteiger partial charge >= 0.3 is 0 Å². The summed E-state index contributed by atoms with van der Waals surface area (Å²) in [6, 6.07) is 4.18. The first-order valence-electron chi connectivity index (χ1n) is 7.32. The quantitative estimate of drug-likeness (QED) is 0.931. The highest BCUT2D eigenvalue weighted by Gasteiger charge is 2.15. The minimum Gasteiger partial charge on any atom is -0.479 e. The highest BCUT2D eigenvalue weighted by molar-refractivity contribution is 5.64. The number of hydrogen-bond acceptors (Lipinski definition) is 6. The zero-order valence-electron chi connectivity index (χ0n) is 12.1. The van der Waals surface area contributed by atoms with Crippen LogP contribution in [-0.4, -0.2) is 33.3 Å². The average molecular weight is 285 g/mol. The molecule has 0 aromatic carbocycles. The van der Waals surface area contributed by atoms with Crippen LogP contribution in [0.1, 0.15) is 32.1 Å². The third-order valence-electron chi connectivity index (χ3n) is 3.75. The summed E-state index contributed by atoms with van der Waals surface area (Å²) >= 11 is 0. The predicted octanol–water partition coefficient (Wildman–Crippen LogP) is 2.69. The number of nitrogens with one attached hydrogen (secondary N) is 1. The van der Waals surface area contributed by atoms with Gasteiger partial charge < -0.3 is 10.1 Å². The molecule has 0 amide bonds. The summed E-state index contributed by atoms with van der Waals surface area (Å²) in [6.07, 6.45) is 9.65. The van der Waals surface area contributed by atoms with Crippen molar-refractivity contribution >= 4 is 5.95 Å². The van der Waals surface area contributed by atoms with Crippen molar-refractivity contribution in [3.63, 3.8) is 0 Å². The monoisotopic (exact) mass is 285 g/mol. The average Bonchev–Trinajstić information content (AvgIpc) is 2.56. The summed E-state index contributed by atoms with van der Waals surface area (Å²) in [5.74, 6) is 1.14. The first kappa shape index (κ1) is 13.7. The molecule has 0 unspecified atom stereocenters. The number of rotatable bonds is 4. The molecular formula is C15H19N5O. The van der Waals surface area contributed by atoms with Crippen molar-refractivity contribution < 1.29 is 4.74 Å². The molecule has 110 valence electrons. The molecule has 1 N–H and O–H groups in total. The standard InChI is InChI=1S/C15H19N5O/c1-21-14-12(7-10-17-20-14)13-8-9-16-15(19-13)18-11-5-3-2-4-6-11/h7-11H,2-6H2,1H3,(H,16,18,19). The van der Waals surface area contributed by atoms with Crippen molar-refractivity contribution in [1.82, 2.24) is 20.2 Å². The van der Waals surface area contributed by atoms with Gasteiger partial charge in [0.25, 0.3) is 0 Å². The molecule has 0 saturated heterocycles. The van der Waals surface area contributed by atoms with Crippen molar-refractivity contribution in [3.8, 4) is 17.1 Å². The van der Waals surface area contributed by atoms with Crippen LogP contribution in [0.2, 0.25) is 0 Å². The maximum atomic E-state index is 5.24. The van der Waals surface area contributed by atoms with Crippen LogP contribution in [0.5, 0.6) is 5.88 Å². The lowest BCUT2D eigenvalue weighted by Crippen LogP contribution is -2.23. The van der Waals surface area contributed by atoms with E-state index in [1.54, 1.807) is 19.5 Å². The molecule has 0 aliphatic heterocycles. The largest absolute Gasteiger partial charge is 0.479 e. The highest BCUT2D eigenvalue weighted by atomic mass is 16.5. The molecule has 1 aliphatic rings. The van der Waals surface area contributed by atoms with E-state index in [-0.39, 0.29) is 0 Å². The Morgan fingerprint density at radius 1 is 1.14 bits per heavy atom. The van der Waals surface area contributed by atoms with Crippen molar-refractivity contribution in [2.75, 3.05) is 12.4 Å². The highest BCUT2D eigenvalue weighted by Crippen LogP contribution is 2.26. The molecule has 21 heavy (non-hydrogen) atoms. The van der Waals surface area contributed by atoms with E-state index in [2.05, 4.69) is 25.5 Å². The minimum atomic E-state index is 0.472. The molecule has 0 radical (unpaired) electrons. The van der Waals surface area contributed by atoms with Crippen LogP contribution in [-0.2, 0) is 0 Å². The summed E-state index contributed by atoms with van der Waals surface area (Å²) in [5.41, 5.74) is 1.61. The molecule has 2 heterocycles. The summed E-state index contributed by atoms with van der Waals surface area (Å²) in [4.78, 5) is 8.89. The van der Waals surface area contributed by atoms with Gasteiger partial charge in [-0.05, 0) is 25.0 Å². The van der Waals surface area contributed by atoms with Crippen molar-refractivity contribution in [3.05, 3.63) is 24.5 Å². The summed E-state index contributed by atoms with van der Waals surface area (Å²) in [5, 5.41) is 11.2.